The average Bonchev–Trinajstić information content (AvgIpc) is 2.62. The number of halogens is 2. The number of nitrogens with zero attached hydrogens (tertiary/aromatic N) is 1. The molecule has 1 amide bonds. The van der Waals surface area contributed by atoms with Crippen molar-refractivity contribution in [2.75, 3.05) is 0 Å². The number of alkyl halides is 2. The second-order valence-corrected chi connectivity index (χ2v) is 3.39. The molecule has 5 nitrogen and oxygen atoms in total. The van der Waals surface area contributed by atoms with Gasteiger partial charge >= 0.3 is 12.4 Å². The fourth-order valence-electron chi connectivity index (χ4n) is 0.730. The molecule has 0 radical (unpaired) electrons. The van der Waals surface area contributed by atoms with Gasteiger partial charge in [-0.25, -0.2) is 9.78 Å². The van der Waals surface area contributed by atoms with Crippen LogP contribution in [0.3, 0.4) is 0 Å². The predicted octanol–water partition coefficient (Wildman–Crippen LogP) is 0.723. The molecule has 0 aliphatic rings. The molecule has 0 bridgehead atoms. The van der Waals surface area contributed by atoms with Crippen molar-refractivity contribution in [3.8, 4) is 0 Å². The molecule has 0 saturated heterocycles. The Morgan fingerprint density at radius 2 is 2.27 bits per heavy atom. The highest BCUT2D eigenvalue weighted by Gasteiger charge is 2.15. The minimum Gasteiger partial charge on any atom is -0.476 e. The van der Waals surface area contributed by atoms with Gasteiger partial charge < -0.3 is 10.4 Å². The van der Waals surface area contributed by atoms with Gasteiger partial charge in [0.15, 0.2) is 5.69 Å². The maximum Gasteiger partial charge on any atom is 0.355 e. The van der Waals surface area contributed by atoms with Crippen molar-refractivity contribution in [3.05, 3.63) is 16.1 Å². The van der Waals surface area contributed by atoms with Crippen molar-refractivity contribution in [2.45, 2.75) is 13.0 Å². The molecule has 1 aromatic heterocycles. The van der Waals surface area contributed by atoms with Gasteiger partial charge in [-0.05, 0) is 0 Å². The Morgan fingerprint density at radius 1 is 1.60 bits per heavy atom. The van der Waals surface area contributed by atoms with E-state index in [0.29, 0.717) is 0 Å². The Kier molecular flexibility index (Phi) is 3.67. The van der Waals surface area contributed by atoms with E-state index in [4.69, 9.17) is 5.11 Å². The van der Waals surface area contributed by atoms with Gasteiger partial charge in [-0.2, -0.15) is 8.78 Å². The number of amides is 1. The largest absolute Gasteiger partial charge is 0.476 e. The Morgan fingerprint density at radius 3 is 2.73 bits per heavy atom. The summed E-state index contributed by atoms with van der Waals surface area (Å²) in [5.41, 5.74) is -0.165. The lowest BCUT2D eigenvalue weighted by Crippen LogP contribution is -2.28. The lowest BCUT2D eigenvalue weighted by Gasteiger charge is -2.00. The summed E-state index contributed by atoms with van der Waals surface area (Å²) >= 11 is 0.980. The zero-order valence-electron chi connectivity index (χ0n) is 7.24. The van der Waals surface area contributed by atoms with E-state index in [2.05, 4.69) is 4.98 Å². The Hall–Kier alpha value is -1.57. The molecule has 82 valence electrons. The molecule has 0 aliphatic heterocycles. The van der Waals surface area contributed by atoms with Crippen molar-refractivity contribution in [2.24, 2.45) is 0 Å². The summed E-state index contributed by atoms with van der Waals surface area (Å²) in [6, 6.07) is 0. The highest BCUT2D eigenvalue weighted by Crippen LogP contribution is 2.09. The van der Waals surface area contributed by atoms with E-state index in [9.17, 15) is 18.4 Å². The van der Waals surface area contributed by atoms with Gasteiger partial charge in [-0.3, -0.25) is 4.79 Å². The summed E-state index contributed by atoms with van der Waals surface area (Å²) in [6.07, 6.45) is -3.08. The fraction of sp³-hybridized carbons (Fsp3) is 0.286. The second kappa shape index (κ2) is 4.78. The lowest BCUT2D eigenvalue weighted by atomic mass is 10.5. The fourth-order valence-corrected chi connectivity index (χ4v) is 1.44. The first-order valence-corrected chi connectivity index (χ1v) is 4.62. The van der Waals surface area contributed by atoms with Crippen LogP contribution in [0.2, 0.25) is 0 Å². The molecule has 1 heterocycles. The van der Waals surface area contributed by atoms with E-state index in [1.807, 2.05) is 5.32 Å². The van der Waals surface area contributed by atoms with Gasteiger partial charge in [-0.15, -0.1) is 11.3 Å². The molecule has 0 spiro atoms. The van der Waals surface area contributed by atoms with Crippen molar-refractivity contribution in [3.63, 3.8) is 0 Å². The molecule has 0 aromatic carbocycles. The van der Waals surface area contributed by atoms with E-state index < -0.39 is 18.3 Å². The van der Waals surface area contributed by atoms with Crippen LogP contribution in [0.1, 0.15) is 15.5 Å². The number of carboxylic acid groups (broad SMARTS) is 1. The molecule has 0 atom stereocenters. The average molecular weight is 236 g/mol. The van der Waals surface area contributed by atoms with Crippen LogP contribution in [-0.4, -0.2) is 28.4 Å². The Bertz CT molecular complexity index is 380. The number of carboxylic acids is 1. The monoisotopic (exact) mass is 236 g/mol. The minimum absolute atomic E-state index is 0.165. The quantitative estimate of drug-likeness (QED) is 0.807. The first-order chi connectivity index (χ1) is 7.00. The van der Waals surface area contributed by atoms with Gasteiger partial charge in [-0.1, -0.05) is 0 Å². The molecule has 1 rings (SSSR count). The second-order valence-electron chi connectivity index (χ2n) is 2.45. The third-order valence-electron chi connectivity index (χ3n) is 1.38. The molecule has 2 N–H and O–H groups in total. The van der Waals surface area contributed by atoms with Gasteiger partial charge in [0.1, 0.15) is 5.01 Å². The Labute approximate surface area is 86.7 Å². The molecule has 0 aliphatic carbocycles. The summed E-state index contributed by atoms with van der Waals surface area (Å²) in [7, 11) is 0. The number of carbonyl (C=O) groups excluding carboxylic acids is 1. The summed E-state index contributed by atoms with van der Waals surface area (Å²) < 4.78 is 23.5. The third-order valence-corrected chi connectivity index (χ3v) is 2.23. The molecule has 8 heteroatoms. The van der Waals surface area contributed by atoms with Crippen LogP contribution < -0.4 is 5.32 Å². The maximum absolute atomic E-state index is 11.7. The zero-order chi connectivity index (χ0) is 11.4. The van der Waals surface area contributed by atoms with Crippen LogP contribution in [0.4, 0.5) is 8.78 Å². The van der Waals surface area contributed by atoms with Gasteiger partial charge in [0.25, 0.3) is 5.91 Å². The normalized spacial score (nSPS) is 10.3. The number of rotatable bonds is 4. The van der Waals surface area contributed by atoms with Crippen molar-refractivity contribution >= 4 is 23.2 Å². The maximum atomic E-state index is 11.7. The number of nitrogens with one attached hydrogen (secondary N) is 1. The molecule has 0 saturated carbocycles. The molecular weight excluding hydrogens is 230 g/mol. The van der Waals surface area contributed by atoms with E-state index in [0.717, 1.165) is 11.3 Å². The topological polar surface area (TPSA) is 79.3 Å². The first kappa shape index (κ1) is 11.5. The number of hydrogen-bond donors (Lipinski definition) is 2. The van der Waals surface area contributed by atoms with E-state index in [1.54, 1.807) is 0 Å². The smallest absolute Gasteiger partial charge is 0.355 e. The standard InChI is InChI=1S/C7H6F2N2O3S/c8-5(9)6(12)10-1-4-11-3(2-15-4)7(13)14/h2,5H,1H2,(H,10,12)(H,13,14). The molecule has 0 fully saturated rings. The van der Waals surface area contributed by atoms with Crippen LogP contribution in [0.25, 0.3) is 0 Å². The van der Waals surface area contributed by atoms with Crippen LogP contribution in [0.15, 0.2) is 5.38 Å². The van der Waals surface area contributed by atoms with Crippen molar-refractivity contribution in [1.82, 2.24) is 10.3 Å². The highest BCUT2D eigenvalue weighted by atomic mass is 32.1. The van der Waals surface area contributed by atoms with Crippen LogP contribution >= 0.6 is 11.3 Å². The van der Waals surface area contributed by atoms with Gasteiger partial charge in [0.05, 0.1) is 6.54 Å². The van der Waals surface area contributed by atoms with Crippen molar-refractivity contribution in [1.29, 1.82) is 0 Å². The lowest BCUT2D eigenvalue weighted by molar-refractivity contribution is -0.131. The molecule has 0 unspecified atom stereocenters. The summed E-state index contributed by atoms with van der Waals surface area (Å²) in [4.78, 5) is 24.5. The molecule has 15 heavy (non-hydrogen) atoms. The molecule has 1 aromatic rings. The number of hydrogen-bond acceptors (Lipinski definition) is 4. The summed E-state index contributed by atoms with van der Waals surface area (Å²) in [6.45, 7) is -0.193. The third kappa shape index (κ3) is 3.24. The summed E-state index contributed by atoms with van der Waals surface area (Å²) in [5.74, 6) is -2.60. The number of thiazole rings is 1. The van der Waals surface area contributed by atoms with E-state index in [-0.39, 0.29) is 17.2 Å². The summed E-state index contributed by atoms with van der Waals surface area (Å²) in [5, 5.41) is 12.0. The van der Waals surface area contributed by atoms with Gasteiger partial charge in [0.2, 0.25) is 0 Å². The SMILES string of the molecule is O=C(O)c1csc(CNC(=O)C(F)F)n1. The number of aromatic carboxylic acids is 1. The number of aromatic nitrogens is 1. The minimum atomic E-state index is -3.08. The molecular formula is C7H6F2N2O3S. The van der Waals surface area contributed by atoms with E-state index in [1.165, 1.54) is 5.38 Å². The predicted molar refractivity (Wildman–Crippen MR) is 46.9 cm³/mol. The van der Waals surface area contributed by atoms with Crippen molar-refractivity contribution < 1.29 is 23.5 Å². The number of carbonyl (C=O) groups is 2. The van der Waals surface area contributed by atoms with Crippen LogP contribution in [0.5, 0.6) is 0 Å². The first-order valence-electron chi connectivity index (χ1n) is 3.74. The highest BCUT2D eigenvalue weighted by molar-refractivity contribution is 7.09. The zero-order valence-corrected chi connectivity index (χ0v) is 8.05. The Balaban J connectivity index is 2.51. The van der Waals surface area contributed by atoms with E-state index >= 15 is 0 Å². The van der Waals surface area contributed by atoms with Gasteiger partial charge in [0, 0.05) is 5.38 Å². The van der Waals surface area contributed by atoms with Crippen LogP contribution in [-0.2, 0) is 11.3 Å². The van der Waals surface area contributed by atoms with Crippen LogP contribution in [0, 0.1) is 0 Å².